The highest BCUT2D eigenvalue weighted by Gasteiger charge is 2.30. The molecular weight excluding hydrogens is 186 g/mol. The average molecular weight is 205 g/mol. The van der Waals surface area contributed by atoms with Gasteiger partial charge in [0.25, 0.3) is 0 Å². The first kappa shape index (κ1) is 10.5. The van der Waals surface area contributed by atoms with Crippen LogP contribution in [0.3, 0.4) is 0 Å². The number of ether oxygens (including phenoxy) is 1. The molecule has 0 radical (unpaired) electrons. The molecule has 1 aliphatic rings. The van der Waals surface area contributed by atoms with Crippen LogP contribution < -0.4 is 10.1 Å². The molecule has 2 nitrogen and oxygen atoms in total. The van der Waals surface area contributed by atoms with E-state index in [0.29, 0.717) is 0 Å². The van der Waals surface area contributed by atoms with Crippen LogP contribution in [0.2, 0.25) is 0 Å². The van der Waals surface area contributed by atoms with Crippen LogP contribution in [0.15, 0.2) is 24.3 Å². The molecule has 1 heterocycles. The number of aryl methyl sites for hydroxylation is 1. The van der Waals surface area contributed by atoms with E-state index in [1.807, 2.05) is 0 Å². The minimum atomic E-state index is -0.0201. The number of nitrogens with one attached hydrogen (secondary N) is 1. The van der Waals surface area contributed by atoms with Crippen LogP contribution in [0.5, 0.6) is 5.75 Å². The summed E-state index contributed by atoms with van der Waals surface area (Å²) in [5.74, 6) is 0.985. The molecule has 1 saturated heterocycles. The van der Waals surface area contributed by atoms with E-state index in [4.69, 9.17) is 4.74 Å². The second-order valence-electron chi connectivity index (χ2n) is 4.48. The highest BCUT2D eigenvalue weighted by atomic mass is 16.5. The summed E-state index contributed by atoms with van der Waals surface area (Å²) in [5.41, 5.74) is 1.34. The van der Waals surface area contributed by atoms with E-state index < -0.39 is 0 Å². The molecule has 1 aromatic rings. The van der Waals surface area contributed by atoms with Gasteiger partial charge < -0.3 is 10.1 Å². The van der Waals surface area contributed by atoms with Crippen molar-refractivity contribution in [2.24, 2.45) is 0 Å². The number of hydrogen-bond donors (Lipinski definition) is 1. The van der Waals surface area contributed by atoms with Gasteiger partial charge >= 0.3 is 0 Å². The number of hydrogen-bond acceptors (Lipinski definition) is 2. The lowest BCUT2D eigenvalue weighted by Gasteiger charge is -2.24. The molecule has 82 valence electrons. The lowest BCUT2D eigenvalue weighted by atomic mass is 10.1. The van der Waals surface area contributed by atoms with Crippen LogP contribution in [0, 0.1) is 0 Å². The summed E-state index contributed by atoms with van der Waals surface area (Å²) in [6.07, 6.45) is 2.17. The van der Waals surface area contributed by atoms with Crippen LogP contribution in [0.4, 0.5) is 0 Å². The molecule has 15 heavy (non-hydrogen) atoms. The summed E-state index contributed by atoms with van der Waals surface area (Å²) in [4.78, 5) is 0. The Hall–Kier alpha value is -1.02. The summed E-state index contributed by atoms with van der Waals surface area (Å²) in [5, 5.41) is 3.33. The lowest BCUT2D eigenvalue weighted by Crippen LogP contribution is -2.34. The zero-order chi connectivity index (χ0) is 10.7. The zero-order valence-corrected chi connectivity index (χ0v) is 9.55. The third-order valence-electron chi connectivity index (χ3n) is 3.03. The second kappa shape index (κ2) is 4.23. The average Bonchev–Trinajstić information content (AvgIpc) is 2.66. The Kier molecular flexibility index (Phi) is 2.96. The fourth-order valence-electron chi connectivity index (χ4n) is 1.96. The van der Waals surface area contributed by atoms with Gasteiger partial charge in [0, 0.05) is 13.0 Å². The molecule has 1 aromatic carbocycles. The van der Waals surface area contributed by atoms with Gasteiger partial charge in [-0.15, -0.1) is 0 Å². The molecule has 0 saturated carbocycles. The third kappa shape index (κ3) is 2.51. The zero-order valence-electron chi connectivity index (χ0n) is 9.55. The summed E-state index contributed by atoms with van der Waals surface area (Å²) in [6.45, 7) is 6.34. The number of benzene rings is 1. The van der Waals surface area contributed by atoms with Gasteiger partial charge in [0.15, 0.2) is 0 Å². The van der Waals surface area contributed by atoms with Crippen LogP contribution in [-0.4, -0.2) is 18.7 Å². The molecule has 1 N–H and O–H groups in total. The van der Waals surface area contributed by atoms with Crippen molar-refractivity contribution in [3.05, 3.63) is 29.8 Å². The predicted octanol–water partition coefficient (Wildman–Crippen LogP) is 2.38. The second-order valence-corrected chi connectivity index (χ2v) is 4.48. The van der Waals surface area contributed by atoms with E-state index in [-0.39, 0.29) is 5.60 Å². The van der Waals surface area contributed by atoms with E-state index in [0.717, 1.165) is 31.7 Å². The topological polar surface area (TPSA) is 21.3 Å². The van der Waals surface area contributed by atoms with Crippen molar-refractivity contribution in [2.45, 2.75) is 32.3 Å². The molecule has 1 atom stereocenters. The monoisotopic (exact) mass is 205 g/mol. The fourth-order valence-corrected chi connectivity index (χ4v) is 1.96. The van der Waals surface area contributed by atoms with Gasteiger partial charge in [-0.25, -0.2) is 0 Å². The maximum absolute atomic E-state index is 6.00. The normalized spacial score (nSPS) is 25.5. The van der Waals surface area contributed by atoms with Gasteiger partial charge in [0.1, 0.15) is 11.4 Å². The Morgan fingerprint density at radius 3 is 2.60 bits per heavy atom. The Bertz CT molecular complexity index is 312. The van der Waals surface area contributed by atoms with Crippen molar-refractivity contribution < 1.29 is 4.74 Å². The molecular formula is C13H19NO. The molecule has 0 bridgehead atoms. The van der Waals surface area contributed by atoms with E-state index >= 15 is 0 Å². The highest BCUT2D eigenvalue weighted by molar-refractivity contribution is 5.28. The van der Waals surface area contributed by atoms with Crippen molar-refractivity contribution in [3.8, 4) is 5.75 Å². The van der Waals surface area contributed by atoms with Crippen molar-refractivity contribution in [2.75, 3.05) is 13.1 Å². The van der Waals surface area contributed by atoms with E-state index in [9.17, 15) is 0 Å². The molecule has 0 spiro atoms. The summed E-state index contributed by atoms with van der Waals surface area (Å²) < 4.78 is 6.00. The Morgan fingerprint density at radius 2 is 2.07 bits per heavy atom. The summed E-state index contributed by atoms with van der Waals surface area (Å²) in [6, 6.07) is 8.42. The van der Waals surface area contributed by atoms with Crippen molar-refractivity contribution in [1.29, 1.82) is 0 Å². The van der Waals surface area contributed by atoms with Crippen molar-refractivity contribution in [1.82, 2.24) is 5.32 Å². The Morgan fingerprint density at radius 1 is 1.33 bits per heavy atom. The molecule has 1 aliphatic heterocycles. The van der Waals surface area contributed by atoms with E-state index in [1.165, 1.54) is 5.56 Å². The highest BCUT2D eigenvalue weighted by Crippen LogP contribution is 2.23. The minimum absolute atomic E-state index is 0.0201. The Labute approximate surface area is 91.6 Å². The van der Waals surface area contributed by atoms with Crippen LogP contribution >= 0.6 is 0 Å². The molecule has 1 fully saturated rings. The summed E-state index contributed by atoms with van der Waals surface area (Å²) in [7, 11) is 0. The largest absolute Gasteiger partial charge is 0.486 e. The molecule has 0 aromatic heterocycles. The quantitative estimate of drug-likeness (QED) is 0.818. The maximum Gasteiger partial charge on any atom is 0.120 e. The first-order chi connectivity index (χ1) is 7.22. The maximum atomic E-state index is 6.00. The molecule has 1 unspecified atom stereocenters. The third-order valence-corrected chi connectivity index (χ3v) is 3.03. The summed E-state index contributed by atoms with van der Waals surface area (Å²) >= 11 is 0. The van der Waals surface area contributed by atoms with Gasteiger partial charge in [-0.2, -0.15) is 0 Å². The molecule has 0 amide bonds. The molecule has 2 rings (SSSR count). The minimum Gasteiger partial charge on any atom is -0.486 e. The first-order valence-corrected chi connectivity index (χ1v) is 5.70. The van der Waals surface area contributed by atoms with Gasteiger partial charge in [-0.05, 0) is 37.6 Å². The Balaban J connectivity index is 2.04. The van der Waals surface area contributed by atoms with Crippen LogP contribution in [-0.2, 0) is 6.42 Å². The van der Waals surface area contributed by atoms with Gasteiger partial charge in [0.05, 0.1) is 0 Å². The van der Waals surface area contributed by atoms with E-state index in [1.54, 1.807) is 0 Å². The predicted molar refractivity (Wildman–Crippen MR) is 62.3 cm³/mol. The lowest BCUT2D eigenvalue weighted by molar-refractivity contribution is 0.111. The van der Waals surface area contributed by atoms with Gasteiger partial charge in [-0.1, -0.05) is 19.1 Å². The number of rotatable bonds is 3. The fraction of sp³-hybridized carbons (Fsp3) is 0.538. The van der Waals surface area contributed by atoms with Gasteiger partial charge in [-0.3, -0.25) is 0 Å². The van der Waals surface area contributed by atoms with Crippen molar-refractivity contribution in [3.63, 3.8) is 0 Å². The molecule has 2 heteroatoms. The van der Waals surface area contributed by atoms with Crippen LogP contribution in [0.1, 0.15) is 25.8 Å². The SMILES string of the molecule is CCc1ccc(OC2(C)CCNC2)cc1. The smallest absolute Gasteiger partial charge is 0.120 e. The standard InChI is InChI=1S/C13H19NO/c1-3-11-4-6-12(7-5-11)15-13(2)8-9-14-10-13/h4-7,14H,3,8-10H2,1-2H3. The van der Waals surface area contributed by atoms with Crippen LogP contribution in [0.25, 0.3) is 0 Å². The van der Waals surface area contributed by atoms with Gasteiger partial charge in [0.2, 0.25) is 0 Å². The van der Waals surface area contributed by atoms with Crippen molar-refractivity contribution >= 4 is 0 Å². The first-order valence-electron chi connectivity index (χ1n) is 5.70. The molecule has 0 aliphatic carbocycles. The van der Waals surface area contributed by atoms with E-state index in [2.05, 4.69) is 43.4 Å².